The van der Waals surface area contributed by atoms with Crippen molar-refractivity contribution in [1.29, 1.82) is 0 Å². The number of carbonyl (C=O) groups excluding carboxylic acids is 1. The van der Waals surface area contributed by atoms with Crippen LogP contribution in [0.1, 0.15) is 46.1 Å². The number of ether oxygens (including phenoxy) is 1. The molecule has 1 aliphatic heterocycles. The smallest absolute Gasteiger partial charge is 0.414 e. The van der Waals surface area contributed by atoms with Crippen LogP contribution in [-0.2, 0) is 10.2 Å². The van der Waals surface area contributed by atoms with Crippen LogP contribution < -0.4 is 15.5 Å². The van der Waals surface area contributed by atoms with Crippen LogP contribution in [0.3, 0.4) is 0 Å². The van der Waals surface area contributed by atoms with Crippen molar-refractivity contribution in [1.82, 2.24) is 10.6 Å². The van der Waals surface area contributed by atoms with Crippen LogP contribution in [-0.4, -0.2) is 43.9 Å². The molecule has 0 bridgehead atoms. The van der Waals surface area contributed by atoms with Gasteiger partial charge in [0, 0.05) is 34.2 Å². The number of benzene rings is 2. The van der Waals surface area contributed by atoms with Gasteiger partial charge in [0.15, 0.2) is 11.6 Å². The molecule has 34 heavy (non-hydrogen) atoms. The van der Waals surface area contributed by atoms with Crippen LogP contribution in [0.2, 0.25) is 0 Å². The Balaban J connectivity index is 1.76. The summed E-state index contributed by atoms with van der Waals surface area (Å²) in [5, 5.41) is 7.06. The maximum absolute atomic E-state index is 13.9. The summed E-state index contributed by atoms with van der Waals surface area (Å²) in [6.07, 6.45) is 1.41. The molecule has 1 saturated heterocycles. The number of nitrogens with zero attached hydrogens (tertiary/aromatic N) is 1. The van der Waals surface area contributed by atoms with Gasteiger partial charge < -0.3 is 15.4 Å². The molecule has 1 atom stereocenters. The Bertz CT molecular complexity index is 973. The molecular formula is C26H34F2IN3O2. The fourth-order valence-corrected chi connectivity index (χ4v) is 4.87. The van der Waals surface area contributed by atoms with Crippen molar-refractivity contribution in [2.75, 3.05) is 31.1 Å². The van der Waals surface area contributed by atoms with Crippen molar-refractivity contribution >= 4 is 34.4 Å². The Morgan fingerprint density at radius 3 is 2.38 bits per heavy atom. The monoisotopic (exact) mass is 585 g/mol. The Hall–Kier alpha value is -1.78. The molecule has 1 heterocycles. The lowest BCUT2D eigenvalue weighted by atomic mass is 9.68. The summed E-state index contributed by atoms with van der Waals surface area (Å²) in [6, 6.07) is 12.3. The van der Waals surface area contributed by atoms with Crippen molar-refractivity contribution in [2.24, 2.45) is 0 Å². The van der Waals surface area contributed by atoms with Gasteiger partial charge in [0.1, 0.15) is 5.60 Å². The van der Waals surface area contributed by atoms with Crippen LogP contribution in [0.25, 0.3) is 0 Å². The van der Waals surface area contributed by atoms with Crippen molar-refractivity contribution in [3.63, 3.8) is 0 Å². The molecule has 1 fully saturated rings. The third kappa shape index (κ3) is 6.66. The van der Waals surface area contributed by atoms with E-state index >= 15 is 0 Å². The Kier molecular flexibility index (Phi) is 8.92. The van der Waals surface area contributed by atoms with E-state index in [9.17, 15) is 13.6 Å². The van der Waals surface area contributed by atoms with Crippen molar-refractivity contribution < 1.29 is 18.3 Å². The molecule has 8 heteroatoms. The molecule has 2 N–H and O–H groups in total. The van der Waals surface area contributed by atoms with E-state index in [2.05, 4.69) is 64.4 Å². The van der Waals surface area contributed by atoms with Gasteiger partial charge in [-0.05, 0) is 106 Å². The molecule has 2 aromatic carbocycles. The first-order valence-electron chi connectivity index (χ1n) is 11.7. The van der Waals surface area contributed by atoms with Gasteiger partial charge in [-0.25, -0.2) is 13.6 Å². The molecule has 0 saturated carbocycles. The average Bonchev–Trinajstić information content (AvgIpc) is 2.78. The van der Waals surface area contributed by atoms with Crippen LogP contribution in [0.4, 0.5) is 19.3 Å². The molecule has 1 unspecified atom stereocenters. The van der Waals surface area contributed by atoms with Gasteiger partial charge in [0.25, 0.3) is 0 Å². The number of rotatable bonds is 7. The minimum absolute atomic E-state index is 0.0334. The molecule has 186 valence electrons. The molecule has 2 aromatic rings. The molecule has 0 radical (unpaired) electrons. The van der Waals surface area contributed by atoms with Gasteiger partial charge in [-0.3, -0.25) is 4.90 Å². The number of carbonyl (C=O) groups is 1. The number of anilines is 1. The van der Waals surface area contributed by atoms with Crippen LogP contribution >= 0.6 is 22.6 Å². The maximum atomic E-state index is 13.9. The highest BCUT2D eigenvalue weighted by Gasteiger charge is 2.39. The van der Waals surface area contributed by atoms with Crippen LogP contribution in [0.5, 0.6) is 0 Å². The van der Waals surface area contributed by atoms with E-state index < -0.39 is 23.3 Å². The average molecular weight is 585 g/mol. The van der Waals surface area contributed by atoms with Gasteiger partial charge in [-0.1, -0.05) is 12.1 Å². The molecule has 3 rings (SSSR count). The van der Waals surface area contributed by atoms with Gasteiger partial charge in [-0.2, -0.15) is 0 Å². The molecule has 0 aliphatic carbocycles. The van der Waals surface area contributed by atoms with E-state index in [1.165, 1.54) is 20.1 Å². The van der Waals surface area contributed by atoms with E-state index in [1.807, 2.05) is 0 Å². The third-order valence-electron chi connectivity index (χ3n) is 6.36. The summed E-state index contributed by atoms with van der Waals surface area (Å²) in [5.41, 5.74) is 0.822. The molecule has 0 aromatic heterocycles. The van der Waals surface area contributed by atoms with Gasteiger partial charge in [0.05, 0.1) is 5.69 Å². The third-order valence-corrected chi connectivity index (χ3v) is 7.08. The summed E-state index contributed by atoms with van der Waals surface area (Å²) in [7, 11) is 0. The topological polar surface area (TPSA) is 53.6 Å². The molecule has 5 nitrogen and oxygen atoms in total. The molecule has 1 amide bonds. The highest BCUT2D eigenvalue weighted by atomic mass is 127. The first-order valence-corrected chi connectivity index (χ1v) is 12.8. The second kappa shape index (κ2) is 11.3. The zero-order chi connectivity index (χ0) is 24.9. The van der Waals surface area contributed by atoms with E-state index in [4.69, 9.17) is 4.74 Å². The predicted octanol–water partition coefficient (Wildman–Crippen LogP) is 5.61. The fraction of sp³-hybridized carbons (Fsp3) is 0.500. The number of amides is 1. The first kappa shape index (κ1) is 26.8. The van der Waals surface area contributed by atoms with Crippen molar-refractivity contribution in [2.45, 2.75) is 57.6 Å². The number of hydrogen-bond donors (Lipinski definition) is 2. The summed E-state index contributed by atoms with van der Waals surface area (Å²) in [5.74, 6) is -1.95. The van der Waals surface area contributed by atoms with Crippen molar-refractivity contribution in [3.05, 3.63) is 63.2 Å². The zero-order valence-electron chi connectivity index (χ0n) is 20.3. The highest BCUT2D eigenvalue weighted by molar-refractivity contribution is 14.1. The number of piperidine rings is 1. The van der Waals surface area contributed by atoms with Crippen molar-refractivity contribution in [3.8, 4) is 0 Å². The SMILES string of the molecule is CC(NCCN(C(=O)OC(C)(C)C)c1ccc(F)c(F)c1)C1(c2ccc(I)cc2)CCNCC1. The minimum atomic E-state index is -1.00. The summed E-state index contributed by atoms with van der Waals surface area (Å²) >= 11 is 2.32. The first-order chi connectivity index (χ1) is 16.0. The van der Waals surface area contributed by atoms with Gasteiger partial charge in [0.2, 0.25) is 0 Å². The highest BCUT2D eigenvalue weighted by Crippen LogP contribution is 2.37. The predicted molar refractivity (Wildman–Crippen MR) is 140 cm³/mol. The van der Waals surface area contributed by atoms with Gasteiger partial charge in [-0.15, -0.1) is 0 Å². The summed E-state index contributed by atoms with van der Waals surface area (Å²) < 4.78 is 34.2. The van der Waals surface area contributed by atoms with E-state index in [1.54, 1.807) is 20.8 Å². The number of halogens is 3. The lowest BCUT2D eigenvalue weighted by Gasteiger charge is -2.43. The minimum Gasteiger partial charge on any atom is -0.443 e. The van der Waals surface area contributed by atoms with Crippen LogP contribution in [0, 0.1) is 15.2 Å². The van der Waals surface area contributed by atoms with E-state index in [-0.39, 0.29) is 23.7 Å². The quantitative estimate of drug-likeness (QED) is 0.415. The Morgan fingerprint density at radius 1 is 1.15 bits per heavy atom. The van der Waals surface area contributed by atoms with Gasteiger partial charge >= 0.3 is 6.09 Å². The second-order valence-corrected chi connectivity index (χ2v) is 11.1. The molecular weight excluding hydrogens is 551 g/mol. The lowest BCUT2D eigenvalue weighted by molar-refractivity contribution is 0.0580. The summed E-state index contributed by atoms with van der Waals surface area (Å²) in [4.78, 5) is 14.3. The summed E-state index contributed by atoms with van der Waals surface area (Å²) in [6.45, 7) is 10.1. The van der Waals surface area contributed by atoms with E-state index in [0.29, 0.717) is 6.54 Å². The van der Waals surface area contributed by atoms with Crippen LogP contribution in [0.15, 0.2) is 42.5 Å². The fourth-order valence-electron chi connectivity index (χ4n) is 4.51. The largest absolute Gasteiger partial charge is 0.443 e. The maximum Gasteiger partial charge on any atom is 0.414 e. The standard InChI is InChI=1S/C26H34F2IN3O2/c1-18(26(11-13-30-14-12-26)19-5-7-20(29)8-6-19)31-15-16-32(24(33)34-25(2,3)4)21-9-10-22(27)23(28)17-21/h5-10,17-18,30-31H,11-16H2,1-4H3. The Labute approximate surface area is 214 Å². The molecule has 1 aliphatic rings. The Morgan fingerprint density at radius 2 is 1.79 bits per heavy atom. The zero-order valence-corrected chi connectivity index (χ0v) is 22.4. The second-order valence-electron chi connectivity index (χ2n) is 9.82. The molecule has 0 spiro atoms. The number of nitrogens with one attached hydrogen (secondary N) is 2. The lowest BCUT2D eigenvalue weighted by Crippen LogP contribution is -2.53. The number of hydrogen-bond acceptors (Lipinski definition) is 4. The normalized spacial score (nSPS) is 16.7. The van der Waals surface area contributed by atoms with E-state index in [0.717, 1.165) is 38.1 Å².